The van der Waals surface area contributed by atoms with Gasteiger partial charge >= 0.3 is 0 Å². The van der Waals surface area contributed by atoms with Crippen LogP contribution in [-0.4, -0.2) is 18.0 Å². The fraction of sp³-hybridized carbons (Fsp3) is 0.0385. The summed E-state index contributed by atoms with van der Waals surface area (Å²) in [6.45, 7) is 0. The third kappa shape index (κ3) is 3.63. The minimum Gasteiger partial charge on any atom is -0.323 e. The van der Waals surface area contributed by atoms with Gasteiger partial charge in [-0.05, 0) is 34.2 Å². The van der Waals surface area contributed by atoms with Crippen LogP contribution in [0.25, 0.3) is 0 Å². The molecule has 0 saturated heterocycles. The summed E-state index contributed by atoms with van der Waals surface area (Å²) in [4.78, 5) is 26.9. The summed E-state index contributed by atoms with van der Waals surface area (Å²) in [6.07, 6.45) is 1.54. The standard InChI is InChI=1S/C26H18ClN3O2S/c27-20-13-11-17(12-14-20)15-28-30-24(31)23-22-21(16-33-23)26(25(32)29-22,18-7-3-1-4-8-18)19-9-5-2-6-10-19/h1-16H,(H,29,32)(H,30,31)/b28-15+. The van der Waals surface area contributed by atoms with Crippen molar-refractivity contribution in [2.75, 3.05) is 5.32 Å². The first kappa shape index (κ1) is 21.1. The Labute approximate surface area is 199 Å². The zero-order valence-electron chi connectivity index (χ0n) is 17.3. The van der Waals surface area contributed by atoms with E-state index in [9.17, 15) is 9.59 Å². The maximum absolute atomic E-state index is 13.5. The second-order valence-electron chi connectivity index (χ2n) is 7.54. The largest absolute Gasteiger partial charge is 0.323 e. The van der Waals surface area contributed by atoms with Crippen LogP contribution in [0.3, 0.4) is 0 Å². The minimum atomic E-state index is -1.03. The number of hydrogen-bond donors (Lipinski definition) is 2. The summed E-state index contributed by atoms with van der Waals surface area (Å²) < 4.78 is 0. The lowest BCUT2D eigenvalue weighted by Crippen LogP contribution is -2.36. The smallest absolute Gasteiger partial charge is 0.283 e. The molecule has 0 atom stereocenters. The Balaban J connectivity index is 1.51. The van der Waals surface area contributed by atoms with Crippen LogP contribution < -0.4 is 10.7 Å². The molecule has 162 valence electrons. The highest BCUT2D eigenvalue weighted by molar-refractivity contribution is 7.13. The van der Waals surface area contributed by atoms with Gasteiger partial charge in [-0.2, -0.15) is 5.10 Å². The Bertz CT molecular complexity index is 1310. The van der Waals surface area contributed by atoms with Crippen molar-refractivity contribution in [2.45, 2.75) is 5.41 Å². The molecule has 1 aliphatic heterocycles. The van der Waals surface area contributed by atoms with Gasteiger partial charge in [-0.15, -0.1) is 11.3 Å². The Morgan fingerprint density at radius 1 is 0.939 bits per heavy atom. The van der Waals surface area contributed by atoms with Crippen molar-refractivity contribution in [1.82, 2.24) is 5.43 Å². The van der Waals surface area contributed by atoms with Crippen molar-refractivity contribution in [3.8, 4) is 0 Å². The number of carbonyl (C=O) groups excluding carboxylic acids is 2. The van der Waals surface area contributed by atoms with Gasteiger partial charge in [-0.1, -0.05) is 84.4 Å². The van der Waals surface area contributed by atoms with Gasteiger partial charge in [0.15, 0.2) is 0 Å². The summed E-state index contributed by atoms with van der Waals surface area (Å²) >= 11 is 7.18. The molecule has 7 heteroatoms. The van der Waals surface area contributed by atoms with E-state index in [1.165, 1.54) is 11.3 Å². The highest BCUT2D eigenvalue weighted by Crippen LogP contribution is 2.50. The number of rotatable bonds is 5. The molecule has 0 spiro atoms. The number of hydrazone groups is 1. The highest BCUT2D eigenvalue weighted by atomic mass is 35.5. The number of carbonyl (C=O) groups is 2. The van der Waals surface area contributed by atoms with Crippen molar-refractivity contribution >= 4 is 46.7 Å². The molecule has 4 aromatic rings. The SMILES string of the molecule is O=C(N/N=C/c1ccc(Cl)cc1)c1scc2c1NC(=O)C2(c1ccccc1)c1ccccc1. The van der Waals surface area contributed by atoms with Crippen molar-refractivity contribution < 1.29 is 9.59 Å². The molecule has 0 fully saturated rings. The number of thiophene rings is 1. The molecular weight excluding hydrogens is 454 g/mol. The zero-order valence-corrected chi connectivity index (χ0v) is 18.9. The van der Waals surface area contributed by atoms with Crippen LogP contribution in [-0.2, 0) is 10.2 Å². The topological polar surface area (TPSA) is 70.6 Å². The van der Waals surface area contributed by atoms with E-state index in [1.807, 2.05) is 66.0 Å². The van der Waals surface area contributed by atoms with Gasteiger partial charge < -0.3 is 5.32 Å². The fourth-order valence-corrected chi connectivity index (χ4v) is 5.22. The monoisotopic (exact) mass is 471 g/mol. The van der Waals surface area contributed by atoms with Gasteiger partial charge in [0.05, 0.1) is 11.9 Å². The average Bonchev–Trinajstić information content (AvgIpc) is 3.38. The number of nitrogens with one attached hydrogen (secondary N) is 2. The lowest BCUT2D eigenvalue weighted by molar-refractivity contribution is -0.118. The van der Waals surface area contributed by atoms with E-state index in [2.05, 4.69) is 15.8 Å². The summed E-state index contributed by atoms with van der Waals surface area (Å²) in [6, 6.07) is 26.3. The molecule has 0 radical (unpaired) electrons. The van der Waals surface area contributed by atoms with Gasteiger partial charge in [-0.3, -0.25) is 9.59 Å². The average molecular weight is 472 g/mol. The number of hydrogen-bond acceptors (Lipinski definition) is 4. The second-order valence-corrected chi connectivity index (χ2v) is 8.86. The summed E-state index contributed by atoms with van der Waals surface area (Å²) in [7, 11) is 0. The van der Waals surface area contributed by atoms with E-state index in [0.717, 1.165) is 22.3 Å². The molecule has 0 unspecified atom stereocenters. The van der Waals surface area contributed by atoms with E-state index in [0.29, 0.717) is 15.6 Å². The van der Waals surface area contributed by atoms with E-state index >= 15 is 0 Å². The molecule has 0 saturated carbocycles. The number of nitrogens with zero attached hydrogens (tertiary/aromatic N) is 1. The van der Waals surface area contributed by atoms with Crippen LogP contribution in [0, 0.1) is 0 Å². The molecule has 2 amide bonds. The minimum absolute atomic E-state index is 0.184. The van der Waals surface area contributed by atoms with Crippen molar-refractivity contribution in [3.05, 3.63) is 122 Å². The lowest BCUT2D eigenvalue weighted by Gasteiger charge is -2.28. The van der Waals surface area contributed by atoms with E-state index < -0.39 is 5.41 Å². The highest BCUT2D eigenvalue weighted by Gasteiger charge is 2.51. The molecule has 2 N–H and O–H groups in total. The van der Waals surface area contributed by atoms with Crippen molar-refractivity contribution in [1.29, 1.82) is 0 Å². The Morgan fingerprint density at radius 2 is 1.55 bits per heavy atom. The molecular formula is C26H18ClN3O2S. The Hall–Kier alpha value is -3.74. The molecule has 5 nitrogen and oxygen atoms in total. The van der Waals surface area contributed by atoms with E-state index in [-0.39, 0.29) is 11.8 Å². The summed E-state index contributed by atoms with van der Waals surface area (Å²) in [5.41, 5.74) is 5.31. The number of halogens is 1. The first-order valence-electron chi connectivity index (χ1n) is 10.2. The maximum Gasteiger partial charge on any atom is 0.283 e. The first-order chi connectivity index (χ1) is 16.1. The third-order valence-electron chi connectivity index (χ3n) is 5.64. The van der Waals surface area contributed by atoms with Gasteiger partial charge in [0.1, 0.15) is 10.3 Å². The second kappa shape index (κ2) is 8.65. The van der Waals surface area contributed by atoms with Gasteiger partial charge in [-0.25, -0.2) is 5.43 Å². The van der Waals surface area contributed by atoms with Crippen LogP contribution in [0.15, 0.2) is 95.4 Å². The Kier molecular flexibility index (Phi) is 5.54. The number of benzene rings is 3. The third-order valence-corrected chi connectivity index (χ3v) is 6.87. The summed E-state index contributed by atoms with van der Waals surface area (Å²) in [5.74, 6) is -0.569. The lowest BCUT2D eigenvalue weighted by atomic mass is 9.71. The zero-order chi connectivity index (χ0) is 22.8. The van der Waals surface area contributed by atoms with Crippen LogP contribution in [0.5, 0.6) is 0 Å². The first-order valence-corrected chi connectivity index (χ1v) is 11.5. The predicted octanol–water partition coefficient (Wildman–Crippen LogP) is 5.45. The van der Waals surface area contributed by atoms with Gasteiger partial charge in [0.25, 0.3) is 5.91 Å². The fourth-order valence-electron chi connectivity index (χ4n) is 4.14. The molecule has 1 aromatic heterocycles. The molecule has 33 heavy (non-hydrogen) atoms. The quantitative estimate of drug-likeness (QED) is 0.300. The molecule has 5 rings (SSSR count). The number of amides is 2. The van der Waals surface area contributed by atoms with Gasteiger partial charge in [0.2, 0.25) is 5.91 Å². The number of fused-ring (bicyclic) bond motifs is 1. The normalized spacial score (nSPS) is 14.2. The Morgan fingerprint density at radius 3 is 2.15 bits per heavy atom. The molecule has 0 aliphatic carbocycles. The van der Waals surface area contributed by atoms with Crippen LogP contribution >= 0.6 is 22.9 Å². The van der Waals surface area contributed by atoms with Crippen LogP contribution in [0.2, 0.25) is 5.02 Å². The molecule has 0 bridgehead atoms. The number of anilines is 1. The maximum atomic E-state index is 13.5. The van der Waals surface area contributed by atoms with E-state index in [1.54, 1.807) is 30.5 Å². The van der Waals surface area contributed by atoms with Crippen molar-refractivity contribution in [2.24, 2.45) is 5.10 Å². The van der Waals surface area contributed by atoms with Gasteiger partial charge in [0, 0.05) is 10.6 Å². The van der Waals surface area contributed by atoms with E-state index in [4.69, 9.17) is 11.6 Å². The molecule has 2 heterocycles. The predicted molar refractivity (Wildman–Crippen MR) is 132 cm³/mol. The summed E-state index contributed by atoms with van der Waals surface area (Å²) in [5, 5.41) is 9.53. The van der Waals surface area contributed by atoms with Crippen LogP contribution in [0.4, 0.5) is 5.69 Å². The molecule has 3 aromatic carbocycles. The van der Waals surface area contributed by atoms with Crippen molar-refractivity contribution in [3.63, 3.8) is 0 Å². The molecule has 1 aliphatic rings. The van der Waals surface area contributed by atoms with Crippen LogP contribution in [0.1, 0.15) is 31.9 Å².